The zero-order chi connectivity index (χ0) is 14.7. The molecule has 0 aliphatic rings. The van der Waals surface area contributed by atoms with Gasteiger partial charge < -0.3 is 4.90 Å². The molecule has 2 rings (SSSR count). The van der Waals surface area contributed by atoms with Crippen LogP contribution in [0.15, 0.2) is 23.0 Å². The Morgan fingerprint density at radius 1 is 1.20 bits per heavy atom. The quantitative estimate of drug-likeness (QED) is 0.785. The Bertz CT molecular complexity index is 659. The lowest BCUT2D eigenvalue weighted by atomic mass is 10.1. The topological polar surface area (TPSA) is 38.1 Å². The van der Waals surface area contributed by atoms with Crippen LogP contribution in [0.2, 0.25) is 0 Å². The van der Waals surface area contributed by atoms with Crippen molar-refractivity contribution >= 4 is 11.0 Å². The lowest BCUT2D eigenvalue weighted by molar-refractivity contribution is 0.387. The van der Waals surface area contributed by atoms with Crippen molar-refractivity contribution in [2.45, 2.75) is 33.2 Å². The summed E-state index contributed by atoms with van der Waals surface area (Å²) >= 11 is 0. The second-order valence-electron chi connectivity index (χ2n) is 5.65. The number of aryl methyl sites for hydroxylation is 3. The third kappa shape index (κ3) is 3.25. The van der Waals surface area contributed by atoms with E-state index in [2.05, 4.69) is 37.0 Å². The fourth-order valence-electron chi connectivity index (χ4n) is 2.50. The van der Waals surface area contributed by atoms with E-state index in [4.69, 9.17) is 0 Å². The number of aromatic nitrogens is 2. The number of unbranched alkanes of at least 4 members (excludes halogenated alkanes) is 1. The van der Waals surface area contributed by atoms with Gasteiger partial charge in [-0.05, 0) is 65.0 Å². The molecule has 2 heterocycles. The molecule has 0 aromatic carbocycles. The third-order valence-corrected chi connectivity index (χ3v) is 3.52. The van der Waals surface area contributed by atoms with Crippen LogP contribution >= 0.6 is 0 Å². The lowest BCUT2D eigenvalue weighted by Crippen LogP contribution is -2.21. The van der Waals surface area contributed by atoms with E-state index >= 15 is 0 Å². The van der Waals surface area contributed by atoms with Gasteiger partial charge in [0.15, 0.2) is 0 Å². The molecule has 0 saturated heterocycles. The van der Waals surface area contributed by atoms with Crippen molar-refractivity contribution in [3.63, 3.8) is 0 Å². The monoisotopic (exact) mass is 273 g/mol. The van der Waals surface area contributed by atoms with Crippen LogP contribution in [0.1, 0.15) is 24.1 Å². The van der Waals surface area contributed by atoms with Crippen LogP contribution in [-0.2, 0) is 6.54 Å². The molecule has 0 fully saturated rings. The van der Waals surface area contributed by atoms with Crippen LogP contribution in [0.25, 0.3) is 11.0 Å². The SMILES string of the molecule is Cc1cc(C)c2ccc(=O)n(CCCCN(C)C)c2n1. The Labute approximate surface area is 120 Å². The van der Waals surface area contributed by atoms with Crippen molar-refractivity contribution < 1.29 is 0 Å². The van der Waals surface area contributed by atoms with Gasteiger partial charge in [-0.15, -0.1) is 0 Å². The summed E-state index contributed by atoms with van der Waals surface area (Å²) in [5.41, 5.74) is 3.00. The van der Waals surface area contributed by atoms with Crippen molar-refractivity contribution in [3.8, 4) is 0 Å². The Morgan fingerprint density at radius 3 is 2.65 bits per heavy atom. The second-order valence-corrected chi connectivity index (χ2v) is 5.65. The second kappa shape index (κ2) is 6.18. The summed E-state index contributed by atoms with van der Waals surface area (Å²) in [6.45, 7) is 5.82. The summed E-state index contributed by atoms with van der Waals surface area (Å²) in [6.07, 6.45) is 2.08. The molecule has 0 N–H and O–H groups in total. The molecular formula is C16H23N3O. The number of nitrogens with zero attached hydrogens (tertiary/aromatic N) is 3. The van der Waals surface area contributed by atoms with Crippen LogP contribution in [0.4, 0.5) is 0 Å². The highest BCUT2D eigenvalue weighted by Crippen LogP contribution is 2.16. The maximum Gasteiger partial charge on any atom is 0.252 e. The van der Waals surface area contributed by atoms with Crippen LogP contribution in [0, 0.1) is 13.8 Å². The van der Waals surface area contributed by atoms with Gasteiger partial charge in [0.25, 0.3) is 5.56 Å². The van der Waals surface area contributed by atoms with Crippen LogP contribution in [0.3, 0.4) is 0 Å². The van der Waals surface area contributed by atoms with Gasteiger partial charge in [0, 0.05) is 23.7 Å². The Hall–Kier alpha value is -1.68. The molecular weight excluding hydrogens is 250 g/mol. The van der Waals surface area contributed by atoms with E-state index in [1.165, 1.54) is 5.56 Å². The van der Waals surface area contributed by atoms with Gasteiger partial charge in [0.05, 0.1) is 0 Å². The first kappa shape index (κ1) is 14.7. The summed E-state index contributed by atoms with van der Waals surface area (Å²) in [5, 5.41) is 1.07. The highest BCUT2D eigenvalue weighted by molar-refractivity contribution is 5.79. The molecule has 0 aliphatic heterocycles. The van der Waals surface area contributed by atoms with E-state index in [9.17, 15) is 4.79 Å². The molecule has 0 radical (unpaired) electrons. The first-order valence-corrected chi connectivity index (χ1v) is 7.11. The maximum absolute atomic E-state index is 12.1. The number of rotatable bonds is 5. The zero-order valence-electron chi connectivity index (χ0n) is 12.8. The van der Waals surface area contributed by atoms with Gasteiger partial charge in [0.1, 0.15) is 5.65 Å². The molecule has 0 bridgehead atoms. The average Bonchev–Trinajstić information content (AvgIpc) is 2.36. The first-order chi connectivity index (χ1) is 9.49. The minimum Gasteiger partial charge on any atom is -0.309 e. The van der Waals surface area contributed by atoms with Crippen LogP contribution in [-0.4, -0.2) is 35.1 Å². The fourth-order valence-corrected chi connectivity index (χ4v) is 2.50. The van der Waals surface area contributed by atoms with Gasteiger partial charge >= 0.3 is 0 Å². The van der Waals surface area contributed by atoms with E-state index in [1.807, 2.05) is 17.6 Å². The van der Waals surface area contributed by atoms with Crippen molar-refractivity contribution in [2.24, 2.45) is 0 Å². The van der Waals surface area contributed by atoms with Crippen molar-refractivity contribution in [1.82, 2.24) is 14.5 Å². The molecule has 108 valence electrons. The van der Waals surface area contributed by atoms with Crippen molar-refractivity contribution in [1.29, 1.82) is 0 Å². The molecule has 0 unspecified atom stereocenters. The predicted octanol–water partition coefficient (Wildman–Crippen LogP) is 2.36. The minimum absolute atomic E-state index is 0.0415. The van der Waals surface area contributed by atoms with Crippen molar-refractivity contribution in [3.05, 3.63) is 39.8 Å². The summed E-state index contributed by atoms with van der Waals surface area (Å²) in [6, 6.07) is 5.59. The molecule has 0 spiro atoms. The molecule has 4 nitrogen and oxygen atoms in total. The Balaban J connectivity index is 2.31. The van der Waals surface area contributed by atoms with Gasteiger partial charge in [-0.1, -0.05) is 0 Å². The summed E-state index contributed by atoms with van der Waals surface area (Å²) in [4.78, 5) is 18.8. The number of pyridine rings is 2. The van der Waals surface area contributed by atoms with Gasteiger partial charge in [0.2, 0.25) is 0 Å². The largest absolute Gasteiger partial charge is 0.309 e. The van der Waals surface area contributed by atoms with Gasteiger partial charge in [-0.2, -0.15) is 0 Å². The average molecular weight is 273 g/mol. The normalized spacial score (nSPS) is 11.4. The van der Waals surface area contributed by atoms with Crippen LogP contribution < -0.4 is 5.56 Å². The molecule has 2 aromatic rings. The number of hydrogen-bond donors (Lipinski definition) is 0. The van der Waals surface area contributed by atoms with E-state index in [0.717, 1.165) is 42.7 Å². The van der Waals surface area contributed by atoms with Gasteiger partial charge in [-0.3, -0.25) is 9.36 Å². The molecule has 0 aliphatic carbocycles. The molecule has 2 aromatic heterocycles. The van der Waals surface area contributed by atoms with Crippen molar-refractivity contribution in [2.75, 3.05) is 20.6 Å². The highest BCUT2D eigenvalue weighted by atomic mass is 16.1. The lowest BCUT2D eigenvalue weighted by Gasteiger charge is -2.13. The van der Waals surface area contributed by atoms with Gasteiger partial charge in [-0.25, -0.2) is 4.98 Å². The Morgan fingerprint density at radius 2 is 1.95 bits per heavy atom. The molecule has 20 heavy (non-hydrogen) atoms. The molecule has 0 atom stereocenters. The summed E-state index contributed by atoms with van der Waals surface area (Å²) < 4.78 is 1.81. The first-order valence-electron chi connectivity index (χ1n) is 7.11. The highest BCUT2D eigenvalue weighted by Gasteiger charge is 2.07. The summed E-state index contributed by atoms with van der Waals surface area (Å²) in [7, 11) is 4.14. The fraction of sp³-hybridized carbons (Fsp3) is 0.500. The van der Waals surface area contributed by atoms with E-state index in [-0.39, 0.29) is 5.56 Å². The number of fused-ring (bicyclic) bond motifs is 1. The number of hydrogen-bond acceptors (Lipinski definition) is 3. The summed E-state index contributed by atoms with van der Waals surface area (Å²) in [5.74, 6) is 0. The predicted molar refractivity (Wildman–Crippen MR) is 83.3 cm³/mol. The standard InChI is InChI=1S/C16H23N3O/c1-12-11-13(2)17-16-14(12)7-8-15(20)19(16)10-6-5-9-18(3)4/h7-8,11H,5-6,9-10H2,1-4H3. The van der Waals surface area contributed by atoms with E-state index < -0.39 is 0 Å². The molecule has 0 amide bonds. The maximum atomic E-state index is 12.1. The molecule has 4 heteroatoms. The third-order valence-electron chi connectivity index (χ3n) is 3.52. The molecule has 0 saturated carbocycles. The van der Waals surface area contributed by atoms with Crippen LogP contribution in [0.5, 0.6) is 0 Å². The van der Waals surface area contributed by atoms with E-state index in [0.29, 0.717) is 0 Å². The minimum atomic E-state index is 0.0415. The zero-order valence-corrected chi connectivity index (χ0v) is 12.8. The Kier molecular flexibility index (Phi) is 4.55. The smallest absolute Gasteiger partial charge is 0.252 e. The van der Waals surface area contributed by atoms with E-state index in [1.54, 1.807) is 6.07 Å².